The predicted octanol–water partition coefficient (Wildman–Crippen LogP) is 3.34. The van der Waals surface area contributed by atoms with Gasteiger partial charge < -0.3 is 5.32 Å². The summed E-state index contributed by atoms with van der Waals surface area (Å²) in [4.78, 5) is 17.6. The van der Waals surface area contributed by atoms with Gasteiger partial charge >= 0.3 is 0 Å². The lowest BCUT2D eigenvalue weighted by atomic mass is 10.1. The molecule has 0 aliphatic rings. The minimum absolute atomic E-state index is 0.197. The first-order chi connectivity index (χ1) is 11.6. The van der Waals surface area contributed by atoms with Crippen LogP contribution in [0.2, 0.25) is 0 Å². The average Bonchev–Trinajstić information content (AvgIpc) is 3.22. The van der Waals surface area contributed by atoms with E-state index in [1.54, 1.807) is 29.5 Å². The van der Waals surface area contributed by atoms with Gasteiger partial charge in [-0.15, -0.1) is 11.3 Å². The van der Waals surface area contributed by atoms with Gasteiger partial charge in [-0.3, -0.25) is 9.89 Å². The number of H-pyrrole nitrogens is 1. The molecule has 1 aromatic carbocycles. The van der Waals surface area contributed by atoms with Gasteiger partial charge in [0.2, 0.25) is 0 Å². The van der Waals surface area contributed by atoms with Crippen LogP contribution in [0.5, 0.6) is 0 Å². The SMILES string of the molecule is Cc1ncsc1CCCNC(=O)c1cc(-c2ccc(F)cc2)n[nH]1. The molecule has 0 radical (unpaired) electrons. The van der Waals surface area contributed by atoms with Crippen molar-refractivity contribution in [2.24, 2.45) is 0 Å². The van der Waals surface area contributed by atoms with Crippen LogP contribution in [0.3, 0.4) is 0 Å². The highest BCUT2D eigenvalue weighted by Crippen LogP contribution is 2.18. The Kier molecular flexibility index (Phi) is 5.00. The molecular weight excluding hydrogens is 327 g/mol. The van der Waals surface area contributed by atoms with Crippen LogP contribution >= 0.6 is 11.3 Å². The Balaban J connectivity index is 1.52. The van der Waals surface area contributed by atoms with Crippen molar-refractivity contribution in [3.63, 3.8) is 0 Å². The zero-order valence-corrected chi connectivity index (χ0v) is 14.0. The minimum atomic E-state index is -0.302. The van der Waals surface area contributed by atoms with Crippen molar-refractivity contribution in [2.75, 3.05) is 6.54 Å². The number of benzene rings is 1. The van der Waals surface area contributed by atoms with Crippen LogP contribution in [0.1, 0.15) is 27.5 Å². The normalized spacial score (nSPS) is 10.8. The van der Waals surface area contributed by atoms with Gasteiger partial charge in [-0.25, -0.2) is 9.37 Å². The Hall–Kier alpha value is -2.54. The summed E-state index contributed by atoms with van der Waals surface area (Å²) in [6.07, 6.45) is 1.76. The third kappa shape index (κ3) is 3.86. The molecule has 24 heavy (non-hydrogen) atoms. The van der Waals surface area contributed by atoms with Crippen LogP contribution < -0.4 is 5.32 Å². The summed E-state index contributed by atoms with van der Waals surface area (Å²) in [5.41, 5.74) is 4.66. The molecule has 5 nitrogen and oxygen atoms in total. The third-order valence-corrected chi connectivity index (χ3v) is 4.67. The number of rotatable bonds is 6. The van der Waals surface area contributed by atoms with Gasteiger partial charge in [0.1, 0.15) is 11.5 Å². The number of nitrogens with zero attached hydrogens (tertiary/aromatic N) is 2. The van der Waals surface area contributed by atoms with Crippen LogP contribution in [-0.4, -0.2) is 27.6 Å². The van der Waals surface area contributed by atoms with Crippen LogP contribution in [0.15, 0.2) is 35.8 Å². The van der Waals surface area contributed by atoms with Crippen LogP contribution in [0, 0.1) is 12.7 Å². The van der Waals surface area contributed by atoms with E-state index >= 15 is 0 Å². The van der Waals surface area contributed by atoms with Gasteiger partial charge in [-0.05, 0) is 50.1 Å². The average molecular weight is 344 g/mol. The molecule has 1 amide bonds. The number of amides is 1. The second-order valence-electron chi connectivity index (χ2n) is 5.39. The van der Waals surface area contributed by atoms with E-state index in [1.165, 1.54) is 17.0 Å². The number of aromatic amines is 1. The summed E-state index contributed by atoms with van der Waals surface area (Å²) < 4.78 is 12.9. The van der Waals surface area contributed by atoms with Crippen LogP contribution in [-0.2, 0) is 6.42 Å². The number of hydrogen-bond donors (Lipinski definition) is 2. The van der Waals surface area contributed by atoms with E-state index in [9.17, 15) is 9.18 Å². The first kappa shape index (κ1) is 16.3. The van der Waals surface area contributed by atoms with Crippen molar-refractivity contribution in [1.29, 1.82) is 0 Å². The number of aromatic nitrogens is 3. The molecule has 0 spiro atoms. The second kappa shape index (κ2) is 7.35. The van der Waals surface area contributed by atoms with E-state index in [0.717, 1.165) is 24.1 Å². The molecule has 3 aromatic rings. The monoisotopic (exact) mass is 344 g/mol. The van der Waals surface area contributed by atoms with Crippen molar-refractivity contribution < 1.29 is 9.18 Å². The standard InChI is InChI=1S/C17H17FN4OS/c1-11-16(24-10-20-11)3-2-8-19-17(23)15-9-14(21-22-15)12-4-6-13(18)7-5-12/h4-7,9-10H,2-3,8H2,1H3,(H,19,23)(H,21,22). The van der Waals surface area contributed by atoms with E-state index in [-0.39, 0.29) is 11.7 Å². The number of carbonyl (C=O) groups is 1. The van der Waals surface area contributed by atoms with Crippen molar-refractivity contribution in [3.05, 3.63) is 57.9 Å². The number of nitrogens with one attached hydrogen (secondary N) is 2. The number of carbonyl (C=O) groups excluding carboxylic acids is 1. The fourth-order valence-corrected chi connectivity index (χ4v) is 3.14. The molecule has 0 atom stereocenters. The zero-order chi connectivity index (χ0) is 16.9. The van der Waals surface area contributed by atoms with E-state index in [2.05, 4.69) is 20.5 Å². The highest BCUT2D eigenvalue weighted by atomic mass is 32.1. The molecule has 0 saturated heterocycles. The lowest BCUT2D eigenvalue weighted by Gasteiger charge is -2.02. The highest BCUT2D eigenvalue weighted by molar-refractivity contribution is 7.09. The molecule has 124 valence electrons. The number of aryl methyl sites for hydroxylation is 2. The molecular formula is C17H17FN4OS. The third-order valence-electron chi connectivity index (χ3n) is 3.67. The van der Waals surface area contributed by atoms with E-state index in [1.807, 2.05) is 12.4 Å². The minimum Gasteiger partial charge on any atom is -0.351 e. The van der Waals surface area contributed by atoms with Gasteiger partial charge in [0.25, 0.3) is 5.91 Å². The Morgan fingerprint density at radius 2 is 2.12 bits per heavy atom. The molecule has 7 heteroatoms. The first-order valence-corrected chi connectivity index (χ1v) is 8.50. The lowest BCUT2D eigenvalue weighted by molar-refractivity contribution is 0.0948. The molecule has 0 aliphatic heterocycles. The summed E-state index contributed by atoms with van der Waals surface area (Å²) in [5.74, 6) is -0.500. The van der Waals surface area contributed by atoms with Crippen molar-refractivity contribution in [2.45, 2.75) is 19.8 Å². The molecule has 2 N–H and O–H groups in total. The quantitative estimate of drug-likeness (QED) is 0.674. The Labute approximate surface area is 143 Å². The van der Waals surface area contributed by atoms with Gasteiger partial charge in [-0.1, -0.05) is 0 Å². The maximum atomic E-state index is 12.9. The summed E-state index contributed by atoms with van der Waals surface area (Å²) in [7, 11) is 0. The first-order valence-electron chi connectivity index (χ1n) is 7.62. The van der Waals surface area contributed by atoms with Gasteiger partial charge in [0.05, 0.1) is 16.9 Å². The molecule has 3 rings (SSSR count). The largest absolute Gasteiger partial charge is 0.351 e. The molecule has 2 aromatic heterocycles. The zero-order valence-electron chi connectivity index (χ0n) is 13.2. The summed E-state index contributed by atoms with van der Waals surface area (Å²) in [5, 5.41) is 9.69. The number of hydrogen-bond acceptors (Lipinski definition) is 4. The Bertz CT molecular complexity index is 825. The molecule has 0 aliphatic carbocycles. The molecule has 0 unspecified atom stereocenters. The summed E-state index contributed by atoms with van der Waals surface area (Å²) in [6, 6.07) is 7.65. The van der Waals surface area contributed by atoms with Gasteiger partial charge in [-0.2, -0.15) is 5.10 Å². The fourth-order valence-electron chi connectivity index (χ4n) is 2.32. The number of thiazole rings is 1. The Morgan fingerprint density at radius 3 is 2.83 bits per heavy atom. The van der Waals surface area contributed by atoms with Crippen molar-refractivity contribution in [1.82, 2.24) is 20.5 Å². The second-order valence-corrected chi connectivity index (χ2v) is 6.33. The molecule has 0 saturated carbocycles. The maximum absolute atomic E-state index is 12.9. The number of halogens is 1. The predicted molar refractivity (Wildman–Crippen MR) is 91.5 cm³/mol. The Morgan fingerprint density at radius 1 is 1.33 bits per heavy atom. The molecule has 0 fully saturated rings. The van der Waals surface area contributed by atoms with E-state index in [0.29, 0.717) is 17.9 Å². The smallest absolute Gasteiger partial charge is 0.269 e. The highest BCUT2D eigenvalue weighted by Gasteiger charge is 2.11. The molecule has 0 bridgehead atoms. The van der Waals surface area contributed by atoms with Gasteiger partial charge in [0, 0.05) is 17.0 Å². The lowest BCUT2D eigenvalue weighted by Crippen LogP contribution is -2.25. The topological polar surface area (TPSA) is 70.7 Å². The van der Waals surface area contributed by atoms with E-state index in [4.69, 9.17) is 0 Å². The van der Waals surface area contributed by atoms with E-state index < -0.39 is 0 Å². The van der Waals surface area contributed by atoms with Crippen molar-refractivity contribution in [3.8, 4) is 11.3 Å². The summed E-state index contributed by atoms with van der Waals surface area (Å²) in [6.45, 7) is 2.58. The fraction of sp³-hybridized carbons (Fsp3) is 0.235. The van der Waals surface area contributed by atoms with Crippen molar-refractivity contribution >= 4 is 17.2 Å². The molecule has 2 heterocycles. The van der Waals surface area contributed by atoms with Crippen LogP contribution in [0.25, 0.3) is 11.3 Å². The van der Waals surface area contributed by atoms with Crippen LogP contribution in [0.4, 0.5) is 4.39 Å². The van der Waals surface area contributed by atoms with Gasteiger partial charge in [0.15, 0.2) is 0 Å². The maximum Gasteiger partial charge on any atom is 0.269 e. The summed E-state index contributed by atoms with van der Waals surface area (Å²) >= 11 is 1.64.